The maximum absolute atomic E-state index is 13.8. The van der Waals surface area contributed by atoms with Crippen molar-refractivity contribution in [1.82, 2.24) is 4.90 Å². The second-order valence-electron chi connectivity index (χ2n) is 7.24. The van der Waals surface area contributed by atoms with Crippen LogP contribution in [0.1, 0.15) is 52.7 Å². The molecule has 0 radical (unpaired) electrons. The van der Waals surface area contributed by atoms with Crippen molar-refractivity contribution in [3.8, 4) is 6.07 Å². The van der Waals surface area contributed by atoms with Gasteiger partial charge in [-0.3, -0.25) is 4.90 Å². The van der Waals surface area contributed by atoms with Gasteiger partial charge in [-0.1, -0.05) is 6.07 Å². The number of amides is 1. The molecule has 1 amide bonds. The first-order valence-electron chi connectivity index (χ1n) is 7.23. The predicted octanol–water partition coefficient (Wildman–Crippen LogP) is 4.37. The Morgan fingerprint density at radius 1 is 1.13 bits per heavy atom. The first kappa shape index (κ1) is 18.9. The standard InChI is InChI=1S/C17H22F2N2O2/c1-16(2,3)21(17(4,5)6)15(22)23-10-12-8-7-11(9-20)13(18)14(12)19/h7-8H,10H2,1-6H3. The molecule has 23 heavy (non-hydrogen) atoms. The molecule has 6 heteroatoms. The van der Waals surface area contributed by atoms with Crippen molar-refractivity contribution in [2.75, 3.05) is 0 Å². The van der Waals surface area contributed by atoms with Gasteiger partial charge in [-0.05, 0) is 47.6 Å². The summed E-state index contributed by atoms with van der Waals surface area (Å²) < 4.78 is 32.6. The van der Waals surface area contributed by atoms with Crippen molar-refractivity contribution >= 4 is 6.09 Å². The summed E-state index contributed by atoms with van der Waals surface area (Å²) in [7, 11) is 0. The average Bonchev–Trinajstić information content (AvgIpc) is 2.37. The lowest BCUT2D eigenvalue weighted by molar-refractivity contribution is 0.0166. The zero-order valence-electron chi connectivity index (χ0n) is 14.3. The van der Waals surface area contributed by atoms with Gasteiger partial charge in [-0.15, -0.1) is 0 Å². The summed E-state index contributed by atoms with van der Waals surface area (Å²) in [6, 6.07) is 3.95. The van der Waals surface area contributed by atoms with E-state index in [1.54, 1.807) is 6.07 Å². The summed E-state index contributed by atoms with van der Waals surface area (Å²) in [5.41, 5.74) is -1.49. The van der Waals surface area contributed by atoms with E-state index in [2.05, 4.69) is 0 Å². The molecule has 1 rings (SSSR count). The Balaban J connectivity index is 2.96. The van der Waals surface area contributed by atoms with Crippen LogP contribution in [0.25, 0.3) is 0 Å². The van der Waals surface area contributed by atoms with Crippen LogP contribution in [-0.4, -0.2) is 22.1 Å². The topological polar surface area (TPSA) is 53.3 Å². The van der Waals surface area contributed by atoms with Crippen LogP contribution in [0.2, 0.25) is 0 Å². The molecule has 0 aliphatic heterocycles. The van der Waals surface area contributed by atoms with Gasteiger partial charge in [0.2, 0.25) is 0 Å². The van der Waals surface area contributed by atoms with Crippen molar-refractivity contribution in [1.29, 1.82) is 5.26 Å². The van der Waals surface area contributed by atoms with Gasteiger partial charge >= 0.3 is 6.09 Å². The highest BCUT2D eigenvalue weighted by Crippen LogP contribution is 2.26. The normalized spacial score (nSPS) is 11.8. The number of hydrogen-bond acceptors (Lipinski definition) is 3. The van der Waals surface area contributed by atoms with Gasteiger partial charge < -0.3 is 4.74 Å². The van der Waals surface area contributed by atoms with Crippen LogP contribution in [0.3, 0.4) is 0 Å². The van der Waals surface area contributed by atoms with Gasteiger partial charge in [-0.2, -0.15) is 5.26 Å². The molecule has 126 valence electrons. The molecule has 0 atom stereocenters. The summed E-state index contributed by atoms with van der Waals surface area (Å²) in [6.07, 6.45) is -0.617. The van der Waals surface area contributed by atoms with Crippen molar-refractivity contribution < 1.29 is 18.3 Å². The molecule has 4 nitrogen and oxygen atoms in total. The minimum Gasteiger partial charge on any atom is -0.444 e. The van der Waals surface area contributed by atoms with E-state index in [1.807, 2.05) is 41.5 Å². The molecule has 0 aliphatic rings. The summed E-state index contributed by atoms with van der Waals surface area (Å²) >= 11 is 0. The highest BCUT2D eigenvalue weighted by molar-refractivity contribution is 5.69. The smallest absolute Gasteiger partial charge is 0.410 e. The van der Waals surface area contributed by atoms with Crippen LogP contribution in [0.4, 0.5) is 13.6 Å². The Bertz CT molecular complexity index is 624. The molecule has 0 aromatic heterocycles. The Morgan fingerprint density at radius 2 is 1.65 bits per heavy atom. The highest BCUT2D eigenvalue weighted by Gasteiger charge is 2.36. The van der Waals surface area contributed by atoms with Crippen LogP contribution in [0.5, 0.6) is 0 Å². The number of hydrogen-bond donors (Lipinski definition) is 0. The molecule has 0 fully saturated rings. The van der Waals surface area contributed by atoms with Crippen molar-refractivity contribution in [3.63, 3.8) is 0 Å². The number of halogens is 2. The molecule has 0 spiro atoms. The highest BCUT2D eigenvalue weighted by atomic mass is 19.2. The van der Waals surface area contributed by atoms with Crippen LogP contribution in [0, 0.1) is 23.0 Å². The number of carbonyl (C=O) groups excluding carboxylic acids is 1. The predicted molar refractivity (Wildman–Crippen MR) is 82.6 cm³/mol. The van der Waals surface area contributed by atoms with E-state index in [9.17, 15) is 13.6 Å². The fraction of sp³-hybridized carbons (Fsp3) is 0.529. The maximum atomic E-state index is 13.8. The summed E-state index contributed by atoms with van der Waals surface area (Å²) in [4.78, 5) is 13.9. The van der Waals surface area contributed by atoms with E-state index in [0.29, 0.717) is 0 Å². The molecule has 0 unspecified atom stereocenters. The van der Waals surface area contributed by atoms with Crippen molar-refractivity contribution in [2.45, 2.75) is 59.2 Å². The lowest BCUT2D eigenvalue weighted by Crippen LogP contribution is -2.55. The average molecular weight is 324 g/mol. The molecule has 1 aromatic rings. The maximum Gasteiger partial charge on any atom is 0.410 e. The van der Waals surface area contributed by atoms with Crippen LogP contribution in [-0.2, 0) is 11.3 Å². The van der Waals surface area contributed by atoms with Gasteiger partial charge in [0.1, 0.15) is 12.7 Å². The van der Waals surface area contributed by atoms with Gasteiger partial charge in [0.05, 0.1) is 5.56 Å². The van der Waals surface area contributed by atoms with Gasteiger partial charge in [0, 0.05) is 16.6 Å². The van der Waals surface area contributed by atoms with Crippen LogP contribution >= 0.6 is 0 Å². The monoisotopic (exact) mass is 324 g/mol. The number of nitrogens with zero attached hydrogens (tertiary/aromatic N) is 2. The number of nitriles is 1. The van der Waals surface area contributed by atoms with E-state index >= 15 is 0 Å². The first-order valence-corrected chi connectivity index (χ1v) is 7.23. The molecule has 0 bridgehead atoms. The second-order valence-corrected chi connectivity index (χ2v) is 7.24. The minimum atomic E-state index is -1.23. The first-order chi connectivity index (χ1) is 10.4. The summed E-state index contributed by atoms with van der Waals surface area (Å²) in [6.45, 7) is 10.8. The molecule has 0 N–H and O–H groups in total. The van der Waals surface area contributed by atoms with E-state index < -0.39 is 35.4 Å². The summed E-state index contributed by atoms with van der Waals surface area (Å²) in [5, 5.41) is 8.66. The number of ether oxygens (including phenoxy) is 1. The van der Waals surface area contributed by atoms with Crippen molar-refractivity contribution in [3.05, 3.63) is 34.9 Å². The Morgan fingerprint density at radius 3 is 2.09 bits per heavy atom. The Kier molecular flexibility index (Phi) is 5.36. The van der Waals surface area contributed by atoms with Gasteiger partial charge in [0.15, 0.2) is 11.6 Å². The third-order valence-corrected chi connectivity index (χ3v) is 3.16. The van der Waals surface area contributed by atoms with E-state index in [0.717, 1.165) is 6.07 Å². The molecule has 1 aromatic carbocycles. The van der Waals surface area contributed by atoms with E-state index in [-0.39, 0.29) is 11.1 Å². The number of rotatable bonds is 2. The number of benzene rings is 1. The molecule has 0 saturated heterocycles. The fourth-order valence-electron chi connectivity index (χ4n) is 2.55. The Labute approximate surface area is 135 Å². The molecule has 0 saturated carbocycles. The second kappa shape index (κ2) is 6.53. The minimum absolute atomic E-state index is 0.113. The zero-order chi connectivity index (χ0) is 18.0. The van der Waals surface area contributed by atoms with Crippen molar-refractivity contribution in [2.24, 2.45) is 0 Å². The fourth-order valence-corrected chi connectivity index (χ4v) is 2.55. The molecule has 0 heterocycles. The largest absolute Gasteiger partial charge is 0.444 e. The van der Waals surface area contributed by atoms with E-state index in [4.69, 9.17) is 10.00 Å². The third kappa shape index (κ3) is 4.41. The van der Waals surface area contributed by atoms with Gasteiger partial charge in [-0.25, -0.2) is 13.6 Å². The SMILES string of the molecule is CC(C)(C)N(C(=O)OCc1ccc(C#N)c(F)c1F)C(C)(C)C. The summed E-state index contributed by atoms with van der Waals surface area (Å²) in [5.74, 6) is -2.40. The lowest BCUT2D eigenvalue weighted by atomic mass is 9.97. The van der Waals surface area contributed by atoms with Crippen LogP contribution < -0.4 is 0 Å². The van der Waals surface area contributed by atoms with Gasteiger partial charge in [0.25, 0.3) is 0 Å². The molecule has 0 aliphatic carbocycles. The molecular formula is C17H22F2N2O2. The number of carbonyl (C=O) groups is 1. The Hall–Kier alpha value is -2.16. The quantitative estimate of drug-likeness (QED) is 0.811. The third-order valence-electron chi connectivity index (χ3n) is 3.16. The van der Waals surface area contributed by atoms with E-state index in [1.165, 1.54) is 11.0 Å². The van der Waals surface area contributed by atoms with Crippen LogP contribution in [0.15, 0.2) is 12.1 Å². The molecular weight excluding hydrogens is 302 g/mol. The zero-order valence-corrected chi connectivity index (χ0v) is 14.3. The lowest BCUT2D eigenvalue weighted by Gasteiger charge is -2.44.